The normalized spacial score (nSPS) is 14.1. The van der Waals surface area contributed by atoms with Crippen molar-refractivity contribution >= 4 is 11.6 Å². The number of nitrogens with two attached hydrogens (primary N) is 1. The second-order valence-electron chi connectivity index (χ2n) is 5.63. The van der Waals surface area contributed by atoms with Gasteiger partial charge in [0.2, 0.25) is 0 Å². The Morgan fingerprint density at radius 2 is 1.80 bits per heavy atom. The molecule has 2 N–H and O–H groups in total. The summed E-state index contributed by atoms with van der Waals surface area (Å²) in [6, 6.07) is 10.7. The summed E-state index contributed by atoms with van der Waals surface area (Å²) >= 11 is 5.93. The van der Waals surface area contributed by atoms with Gasteiger partial charge in [-0.1, -0.05) is 29.8 Å². The fourth-order valence-corrected chi connectivity index (χ4v) is 2.47. The highest BCUT2D eigenvalue weighted by atomic mass is 35.5. The lowest BCUT2D eigenvalue weighted by molar-refractivity contribution is 0.475. The van der Waals surface area contributed by atoms with Crippen molar-refractivity contribution in [2.75, 3.05) is 0 Å². The summed E-state index contributed by atoms with van der Waals surface area (Å²) in [5.41, 5.74) is 9.71. The van der Waals surface area contributed by atoms with Gasteiger partial charge < -0.3 is 5.73 Å². The quantitative estimate of drug-likeness (QED) is 0.884. The van der Waals surface area contributed by atoms with Crippen LogP contribution >= 0.6 is 11.6 Å². The highest BCUT2D eigenvalue weighted by Crippen LogP contribution is 2.27. The molecule has 3 heteroatoms. The summed E-state index contributed by atoms with van der Waals surface area (Å²) in [5, 5.41) is 0.525. The van der Waals surface area contributed by atoms with Crippen molar-refractivity contribution in [2.24, 2.45) is 5.73 Å². The second kappa shape index (κ2) is 5.55. The molecule has 0 heterocycles. The van der Waals surface area contributed by atoms with Crippen molar-refractivity contribution in [2.45, 2.75) is 32.7 Å². The van der Waals surface area contributed by atoms with Gasteiger partial charge in [0, 0.05) is 10.6 Å². The molecule has 2 aromatic carbocycles. The molecule has 0 spiro atoms. The van der Waals surface area contributed by atoms with Gasteiger partial charge in [0.15, 0.2) is 0 Å². The van der Waals surface area contributed by atoms with Crippen LogP contribution in [-0.2, 0) is 12.0 Å². The fourth-order valence-electron chi connectivity index (χ4n) is 2.27. The number of benzene rings is 2. The minimum absolute atomic E-state index is 0.269. The maximum atomic E-state index is 13.8. The molecule has 1 nitrogen and oxygen atoms in total. The Morgan fingerprint density at radius 3 is 2.45 bits per heavy atom. The van der Waals surface area contributed by atoms with Gasteiger partial charge in [-0.2, -0.15) is 0 Å². The lowest BCUT2D eigenvalue weighted by Crippen LogP contribution is -2.35. The van der Waals surface area contributed by atoms with Gasteiger partial charge in [-0.25, -0.2) is 4.39 Å². The lowest BCUT2D eigenvalue weighted by atomic mass is 9.85. The summed E-state index contributed by atoms with van der Waals surface area (Å²) in [5.74, 6) is -0.269. The first kappa shape index (κ1) is 15.0. The molecule has 1 unspecified atom stereocenters. The fraction of sp³-hybridized carbons (Fsp3) is 0.294. The molecule has 20 heavy (non-hydrogen) atoms. The largest absolute Gasteiger partial charge is 0.321 e. The second-order valence-corrected chi connectivity index (χ2v) is 6.07. The molecule has 0 aliphatic heterocycles. The highest BCUT2D eigenvalue weighted by Gasteiger charge is 2.23. The maximum Gasteiger partial charge on any atom is 0.126 e. The average molecular weight is 292 g/mol. The van der Waals surface area contributed by atoms with E-state index < -0.39 is 5.54 Å². The van der Waals surface area contributed by atoms with Crippen LogP contribution in [0.3, 0.4) is 0 Å². The third kappa shape index (κ3) is 3.20. The van der Waals surface area contributed by atoms with E-state index in [1.165, 1.54) is 17.2 Å². The van der Waals surface area contributed by atoms with Crippen LogP contribution in [0.2, 0.25) is 5.02 Å². The summed E-state index contributed by atoms with van der Waals surface area (Å²) < 4.78 is 13.8. The van der Waals surface area contributed by atoms with Crippen molar-refractivity contribution in [3.63, 3.8) is 0 Å². The Kier molecular flexibility index (Phi) is 4.17. The molecule has 1 atom stereocenters. The van der Waals surface area contributed by atoms with Gasteiger partial charge in [-0.3, -0.25) is 0 Å². The van der Waals surface area contributed by atoms with E-state index in [-0.39, 0.29) is 5.82 Å². The van der Waals surface area contributed by atoms with Crippen molar-refractivity contribution in [3.8, 4) is 0 Å². The summed E-state index contributed by atoms with van der Waals surface area (Å²) in [6.45, 7) is 6.02. The molecular weight excluding hydrogens is 273 g/mol. The van der Waals surface area contributed by atoms with Gasteiger partial charge in [-0.05, 0) is 67.6 Å². The van der Waals surface area contributed by atoms with E-state index in [0.29, 0.717) is 17.0 Å². The van der Waals surface area contributed by atoms with Gasteiger partial charge in [0.05, 0.1) is 0 Å². The van der Waals surface area contributed by atoms with Crippen LogP contribution in [0.1, 0.15) is 29.2 Å². The Balaban J connectivity index is 2.34. The molecule has 0 amide bonds. The maximum absolute atomic E-state index is 13.8. The molecule has 2 aromatic rings. The predicted molar refractivity (Wildman–Crippen MR) is 82.6 cm³/mol. The van der Waals surface area contributed by atoms with Crippen LogP contribution in [0.5, 0.6) is 0 Å². The van der Waals surface area contributed by atoms with E-state index in [1.54, 1.807) is 12.1 Å². The Labute approximate surface area is 124 Å². The Morgan fingerprint density at radius 1 is 1.10 bits per heavy atom. The standard InChI is InChI=1S/C17H19ClFN/c1-11-4-5-14(8-12(11)2)17(3,20)10-13-9-15(18)6-7-16(13)19/h4-9H,10,20H2,1-3H3. The number of halogens is 2. The molecule has 0 aliphatic rings. The Hall–Kier alpha value is -1.38. The molecule has 0 fully saturated rings. The van der Waals surface area contributed by atoms with Crippen molar-refractivity contribution < 1.29 is 4.39 Å². The molecule has 2 rings (SSSR count). The van der Waals surface area contributed by atoms with Crippen LogP contribution in [0, 0.1) is 19.7 Å². The van der Waals surface area contributed by atoms with Gasteiger partial charge in [0.25, 0.3) is 0 Å². The minimum Gasteiger partial charge on any atom is -0.321 e. The zero-order valence-corrected chi connectivity index (χ0v) is 12.8. The van der Waals surface area contributed by atoms with Crippen molar-refractivity contribution in [3.05, 3.63) is 69.5 Å². The van der Waals surface area contributed by atoms with Crippen LogP contribution in [0.15, 0.2) is 36.4 Å². The zero-order chi connectivity index (χ0) is 14.9. The number of hydrogen-bond acceptors (Lipinski definition) is 1. The first-order valence-corrected chi connectivity index (χ1v) is 6.98. The monoisotopic (exact) mass is 291 g/mol. The van der Waals surface area contributed by atoms with Crippen molar-refractivity contribution in [1.82, 2.24) is 0 Å². The molecule has 0 radical (unpaired) electrons. The van der Waals surface area contributed by atoms with E-state index in [0.717, 1.165) is 5.56 Å². The van der Waals surface area contributed by atoms with Crippen LogP contribution in [-0.4, -0.2) is 0 Å². The van der Waals surface area contributed by atoms with Gasteiger partial charge in [-0.15, -0.1) is 0 Å². The third-order valence-corrected chi connectivity index (χ3v) is 3.97. The van der Waals surface area contributed by atoms with Crippen LogP contribution in [0.4, 0.5) is 4.39 Å². The van der Waals surface area contributed by atoms with Crippen molar-refractivity contribution in [1.29, 1.82) is 0 Å². The molecular formula is C17H19ClFN. The van der Waals surface area contributed by atoms with Crippen LogP contribution in [0.25, 0.3) is 0 Å². The van der Waals surface area contributed by atoms with Crippen LogP contribution < -0.4 is 5.73 Å². The van der Waals surface area contributed by atoms with E-state index in [4.69, 9.17) is 17.3 Å². The first-order chi connectivity index (χ1) is 9.29. The molecule has 0 bridgehead atoms. The van der Waals surface area contributed by atoms with E-state index in [2.05, 4.69) is 19.9 Å². The average Bonchev–Trinajstić information content (AvgIpc) is 2.36. The summed E-state index contributed by atoms with van der Waals surface area (Å²) in [7, 11) is 0. The molecule has 0 saturated carbocycles. The topological polar surface area (TPSA) is 26.0 Å². The van der Waals surface area contributed by atoms with Gasteiger partial charge >= 0.3 is 0 Å². The lowest BCUT2D eigenvalue weighted by Gasteiger charge is -2.26. The summed E-state index contributed by atoms with van der Waals surface area (Å²) in [4.78, 5) is 0. The summed E-state index contributed by atoms with van der Waals surface area (Å²) in [6.07, 6.45) is 0.405. The highest BCUT2D eigenvalue weighted by molar-refractivity contribution is 6.30. The SMILES string of the molecule is Cc1ccc(C(C)(N)Cc2cc(Cl)ccc2F)cc1C. The zero-order valence-electron chi connectivity index (χ0n) is 12.0. The molecule has 0 saturated heterocycles. The number of hydrogen-bond donors (Lipinski definition) is 1. The van der Waals surface area contributed by atoms with E-state index in [9.17, 15) is 4.39 Å². The Bertz CT molecular complexity index is 635. The van der Waals surface area contributed by atoms with E-state index in [1.807, 2.05) is 19.1 Å². The van der Waals surface area contributed by atoms with Gasteiger partial charge in [0.1, 0.15) is 5.82 Å². The molecule has 0 aromatic heterocycles. The third-order valence-electron chi connectivity index (χ3n) is 3.73. The molecule has 106 valence electrons. The predicted octanol–water partition coefficient (Wildman–Crippen LogP) is 4.51. The number of aryl methyl sites for hydroxylation is 2. The molecule has 0 aliphatic carbocycles. The first-order valence-electron chi connectivity index (χ1n) is 6.60. The smallest absolute Gasteiger partial charge is 0.126 e. The minimum atomic E-state index is -0.635. The number of rotatable bonds is 3. The van der Waals surface area contributed by atoms with E-state index >= 15 is 0 Å².